The molecule has 0 amide bonds. The number of benzene rings is 3. The van der Waals surface area contributed by atoms with Gasteiger partial charge in [0.15, 0.2) is 5.82 Å². The van der Waals surface area contributed by atoms with E-state index in [9.17, 15) is 8.42 Å². The first-order chi connectivity index (χ1) is 18.6. The zero-order chi connectivity index (χ0) is 27.8. The number of hydrogen-bond acceptors (Lipinski definition) is 5. The van der Waals surface area contributed by atoms with Crippen LogP contribution in [-0.2, 0) is 23.0 Å². The molecule has 204 valence electrons. The fourth-order valence-electron chi connectivity index (χ4n) is 5.61. The minimum atomic E-state index is -3.81. The van der Waals surface area contributed by atoms with Gasteiger partial charge in [-0.15, -0.1) is 0 Å². The highest BCUT2D eigenvalue weighted by molar-refractivity contribution is 7.89. The number of quaternary nitrogens is 1. The van der Waals surface area contributed by atoms with E-state index in [-0.39, 0.29) is 4.90 Å². The van der Waals surface area contributed by atoms with Gasteiger partial charge in [-0.05, 0) is 43.5 Å². The molecule has 0 unspecified atom stereocenters. The molecule has 0 atom stereocenters. The van der Waals surface area contributed by atoms with Crippen LogP contribution in [0.1, 0.15) is 38.4 Å². The molecule has 0 radical (unpaired) electrons. The topological polar surface area (TPSA) is 117 Å². The predicted molar refractivity (Wildman–Crippen MR) is 161 cm³/mol. The maximum Gasteiger partial charge on any atom is 0.238 e. The van der Waals surface area contributed by atoms with Gasteiger partial charge in [0.1, 0.15) is 17.0 Å². The number of unbranched alkanes of at least 4 members (excludes halogenated alkanes) is 2. The molecule has 0 saturated heterocycles. The molecule has 0 fully saturated rings. The molecule has 4 N–H and O–H groups in total. The lowest BCUT2D eigenvalue weighted by molar-refractivity contribution is 0.382. The van der Waals surface area contributed by atoms with Crippen LogP contribution in [0.25, 0.3) is 32.7 Å². The van der Waals surface area contributed by atoms with Crippen LogP contribution in [0.5, 0.6) is 0 Å². The predicted octanol–water partition coefficient (Wildman–Crippen LogP) is 5.36. The number of aromatic nitrogens is 3. The molecule has 9 heteroatoms. The third-order valence-corrected chi connectivity index (χ3v) is 8.58. The maximum atomic E-state index is 12.2. The Hall–Kier alpha value is -3.53. The molecular weight excluding hydrogens is 508 g/mol. The molecule has 5 rings (SSSR count). The molecule has 0 saturated carbocycles. The van der Waals surface area contributed by atoms with Crippen LogP contribution < -0.4 is 15.4 Å². The molecule has 0 aliphatic rings. The van der Waals surface area contributed by atoms with Crippen LogP contribution in [0.4, 0.5) is 11.5 Å². The quantitative estimate of drug-likeness (QED) is 0.181. The van der Waals surface area contributed by atoms with Crippen molar-refractivity contribution >= 4 is 54.2 Å². The van der Waals surface area contributed by atoms with Crippen molar-refractivity contribution in [2.45, 2.75) is 50.5 Å². The third kappa shape index (κ3) is 5.22. The van der Waals surface area contributed by atoms with Crippen LogP contribution in [0.2, 0.25) is 0 Å². The molecule has 0 bridgehead atoms. The number of hydrogen-bond donors (Lipinski definition) is 2. The summed E-state index contributed by atoms with van der Waals surface area (Å²) in [4.78, 5) is 9.71. The van der Waals surface area contributed by atoms with Crippen molar-refractivity contribution < 1.29 is 8.42 Å². The number of fused-ring (bicyclic) bond motifs is 4. The van der Waals surface area contributed by atoms with Crippen LogP contribution >= 0.6 is 0 Å². The van der Waals surface area contributed by atoms with Crippen molar-refractivity contribution in [3.05, 3.63) is 66.5 Å². The van der Waals surface area contributed by atoms with Gasteiger partial charge in [-0.25, -0.2) is 23.5 Å². The average Bonchev–Trinajstić information content (AvgIpc) is 3.28. The van der Waals surface area contributed by atoms with Gasteiger partial charge in [-0.1, -0.05) is 49.7 Å². The summed E-state index contributed by atoms with van der Waals surface area (Å²) < 4.78 is 27.3. The molecule has 0 spiro atoms. The molecular formula is C30H37N6O2S+. The van der Waals surface area contributed by atoms with Crippen molar-refractivity contribution in [2.24, 2.45) is 5.14 Å². The van der Waals surface area contributed by atoms with Gasteiger partial charge < -0.3 is 10.3 Å². The molecule has 8 nitrogen and oxygen atoms in total. The fourth-order valence-corrected chi connectivity index (χ4v) is 6.36. The number of imidazole rings is 1. The largest absolute Gasteiger partial charge is 0.382 e. The normalized spacial score (nSPS) is 12.6. The standard InChI is InChI=1S/C30H37N6O2S/c1-4-5-18-27-34-28-29(23-12-6-7-15-24(23)33-30(28)31)35(27)19-8-9-20-36(2,3)25-16-10-14-22-21(25)13-11-17-26(22)39(32,37)38/h6-7,10-17H,4-5,8-9,18-20H2,1-3H3,(H2,31,33)(H2,32,37,38)/q+1. The molecule has 0 aliphatic carbocycles. The van der Waals surface area contributed by atoms with E-state index in [1.807, 2.05) is 36.4 Å². The Labute approximate surface area is 229 Å². The second-order valence-electron chi connectivity index (χ2n) is 10.8. The zero-order valence-corrected chi connectivity index (χ0v) is 23.7. The van der Waals surface area contributed by atoms with Crippen LogP contribution in [0, 0.1) is 0 Å². The SMILES string of the molecule is CCCCc1nc2c(N)nc3ccccc3c2n1CCCC[N+](C)(C)c1cccc2c(S(N)(=O)=O)cccc12. The number of nitrogens with zero attached hydrogens (tertiary/aromatic N) is 4. The molecule has 0 aliphatic heterocycles. The van der Waals surface area contributed by atoms with Crippen molar-refractivity contribution in [3.8, 4) is 0 Å². The van der Waals surface area contributed by atoms with Crippen molar-refractivity contribution in [3.63, 3.8) is 0 Å². The van der Waals surface area contributed by atoms with Crippen LogP contribution in [0.3, 0.4) is 0 Å². The summed E-state index contributed by atoms with van der Waals surface area (Å²) in [5.41, 5.74) is 10.2. The summed E-state index contributed by atoms with van der Waals surface area (Å²) in [6, 6.07) is 19.2. The number of rotatable bonds is 10. The van der Waals surface area contributed by atoms with E-state index in [1.165, 1.54) is 0 Å². The smallest absolute Gasteiger partial charge is 0.238 e. The lowest BCUT2D eigenvalue weighted by Gasteiger charge is -2.30. The second kappa shape index (κ2) is 10.6. The van der Waals surface area contributed by atoms with E-state index in [0.29, 0.717) is 15.7 Å². The Morgan fingerprint density at radius 3 is 2.36 bits per heavy atom. The lowest BCUT2D eigenvalue weighted by atomic mass is 10.1. The molecule has 3 aromatic carbocycles. The van der Waals surface area contributed by atoms with Gasteiger partial charge in [-0.2, -0.15) is 0 Å². The number of sulfonamides is 1. The number of nitrogen functional groups attached to an aromatic ring is 1. The Bertz CT molecular complexity index is 1780. The zero-order valence-electron chi connectivity index (χ0n) is 22.9. The second-order valence-corrected chi connectivity index (χ2v) is 12.3. The number of anilines is 1. The van der Waals surface area contributed by atoms with Gasteiger partial charge in [0.25, 0.3) is 0 Å². The first-order valence-electron chi connectivity index (χ1n) is 13.5. The summed E-state index contributed by atoms with van der Waals surface area (Å²) in [5, 5.41) is 8.15. The number of para-hydroxylation sites is 1. The van der Waals surface area contributed by atoms with Gasteiger partial charge in [0, 0.05) is 29.1 Å². The van der Waals surface area contributed by atoms with Gasteiger partial charge in [-0.3, -0.25) is 4.48 Å². The van der Waals surface area contributed by atoms with Crippen molar-refractivity contribution in [1.29, 1.82) is 0 Å². The monoisotopic (exact) mass is 545 g/mol. The fraction of sp³-hybridized carbons (Fsp3) is 0.333. The highest BCUT2D eigenvalue weighted by Crippen LogP contribution is 2.34. The Kier molecular flexibility index (Phi) is 7.33. The Morgan fingerprint density at radius 1 is 0.872 bits per heavy atom. The lowest BCUT2D eigenvalue weighted by Crippen LogP contribution is -2.41. The molecule has 2 heterocycles. The summed E-state index contributed by atoms with van der Waals surface area (Å²) in [6.45, 7) is 3.92. The average molecular weight is 546 g/mol. The van der Waals surface area contributed by atoms with E-state index >= 15 is 0 Å². The first-order valence-corrected chi connectivity index (χ1v) is 15.1. The van der Waals surface area contributed by atoms with Gasteiger partial charge in [0.05, 0.1) is 36.6 Å². The minimum absolute atomic E-state index is 0.162. The van der Waals surface area contributed by atoms with E-state index in [2.05, 4.69) is 42.7 Å². The van der Waals surface area contributed by atoms with Crippen LogP contribution in [0.15, 0.2) is 65.6 Å². The summed E-state index contributed by atoms with van der Waals surface area (Å²) in [7, 11) is 0.514. The molecule has 39 heavy (non-hydrogen) atoms. The number of pyridine rings is 1. The summed E-state index contributed by atoms with van der Waals surface area (Å²) >= 11 is 0. The highest BCUT2D eigenvalue weighted by Gasteiger charge is 2.24. The van der Waals surface area contributed by atoms with Crippen LogP contribution in [-0.4, -0.2) is 43.6 Å². The summed E-state index contributed by atoms with van der Waals surface area (Å²) in [5.74, 6) is 1.54. The van der Waals surface area contributed by atoms with E-state index < -0.39 is 10.0 Å². The van der Waals surface area contributed by atoms with Crippen molar-refractivity contribution in [1.82, 2.24) is 19.0 Å². The highest BCUT2D eigenvalue weighted by atomic mass is 32.2. The van der Waals surface area contributed by atoms with E-state index in [0.717, 1.165) is 84.0 Å². The molecule has 5 aromatic rings. The number of primary sulfonamides is 1. The van der Waals surface area contributed by atoms with Gasteiger partial charge >= 0.3 is 0 Å². The minimum Gasteiger partial charge on any atom is -0.382 e. The Morgan fingerprint density at radius 2 is 1.59 bits per heavy atom. The number of nitrogens with two attached hydrogens (primary N) is 2. The van der Waals surface area contributed by atoms with E-state index in [4.69, 9.17) is 15.9 Å². The maximum absolute atomic E-state index is 12.2. The van der Waals surface area contributed by atoms with Gasteiger partial charge in [0.2, 0.25) is 10.0 Å². The molecule has 2 aromatic heterocycles. The summed E-state index contributed by atoms with van der Waals surface area (Å²) in [6.07, 6.45) is 5.02. The van der Waals surface area contributed by atoms with E-state index in [1.54, 1.807) is 12.1 Å². The van der Waals surface area contributed by atoms with Crippen molar-refractivity contribution in [2.75, 3.05) is 26.4 Å². The third-order valence-electron chi connectivity index (χ3n) is 7.61. The first kappa shape index (κ1) is 27.1. The number of aryl methyl sites for hydroxylation is 2. The Balaban J connectivity index is 1.42.